The molecule has 0 spiro atoms. The quantitative estimate of drug-likeness (QED) is 0.241. The molecule has 3 rings (SSSR count). The molecule has 8 nitrogen and oxygen atoms in total. The van der Waals surface area contributed by atoms with Crippen LogP contribution in [0.25, 0.3) is 0 Å². The van der Waals surface area contributed by atoms with Gasteiger partial charge in [-0.15, -0.1) is 0 Å². The number of rotatable bonds is 13. The van der Waals surface area contributed by atoms with E-state index >= 15 is 0 Å². The average molecular weight is 567 g/mol. The van der Waals surface area contributed by atoms with Crippen molar-refractivity contribution < 1.29 is 23.0 Å². The van der Waals surface area contributed by atoms with Crippen LogP contribution in [0.5, 0.6) is 5.75 Å². The number of hydrogen-bond acceptors (Lipinski definition) is 6. The number of aromatic nitrogens is 2. The summed E-state index contributed by atoms with van der Waals surface area (Å²) in [6, 6.07) is 11.4. The Balaban J connectivity index is 1.80. The lowest BCUT2D eigenvalue weighted by atomic mass is 9.99. The smallest absolute Gasteiger partial charge is 0.253 e. The van der Waals surface area contributed by atoms with Crippen LogP contribution in [-0.2, 0) is 29.2 Å². The van der Waals surface area contributed by atoms with Crippen LogP contribution in [0, 0.1) is 11.6 Å². The fraction of sp³-hybridized carbons (Fsp3) is 0.323. The van der Waals surface area contributed by atoms with Gasteiger partial charge in [0.1, 0.15) is 5.82 Å². The van der Waals surface area contributed by atoms with Crippen molar-refractivity contribution in [3.8, 4) is 5.75 Å². The van der Waals surface area contributed by atoms with Gasteiger partial charge in [-0.1, -0.05) is 36.8 Å². The van der Waals surface area contributed by atoms with E-state index in [1.165, 1.54) is 36.2 Å². The molecule has 1 amide bonds. The standard InChI is InChI=1S/C31H36F2N4O4/c1-6-21(2)26(20-40-4)25(31(39)35-15-27-30(33)28(41-5)13-14-34-27)19-36(3)16-22-7-9-23(10-8-22)17-37-18-24(32)11-12-29(37)38/h7-14,18-19H,6,15-17,20H2,1-5H3,(H,35,39)/b25-19+,26-21+. The molecule has 0 radical (unpaired) electrons. The maximum atomic E-state index is 14.6. The van der Waals surface area contributed by atoms with E-state index < -0.39 is 17.5 Å². The van der Waals surface area contributed by atoms with Gasteiger partial charge in [0.2, 0.25) is 0 Å². The van der Waals surface area contributed by atoms with E-state index in [0.717, 1.165) is 34.8 Å². The van der Waals surface area contributed by atoms with Gasteiger partial charge in [0.15, 0.2) is 11.6 Å². The summed E-state index contributed by atoms with van der Waals surface area (Å²) in [5, 5.41) is 2.78. The second-order valence-corrected chi connectivity index (χ2v) is 9.59. The first kappa shape index (κ1) is 31.2. The third kappa shape index (κ3) is 8.59. The molecule has 0 fully saturated rings. The van der Waals surface area contributed by atoms with Gasteiger partial charge in [0.25, 0.3) is 11.5 Å². The molecular weight excluding hydrogens is 530 g/mol. The fourth-order valence-corrected chi connectivity index (χ4v) is 4.20. The summed E-state index contributed by atoms with van der Waals surface area (Å²) in [5.74, 6) is -1.44. The molecule has 3 aromatic rings. The number of ether oxygens (including phenoxy) is 2. The number of nitrogens with zero attached hydrogens (tertiary/aromatic N) is 3. The highest BCUT2D eigenvalue weighted by atomic mass is 19.1. The van der Waals surface area contributed by atoms with Gasteiger partial charge in [-0.05, 0) is 36.1 Å². The normalized spacial score (nSPS) is 12.1. The third-order valence-electron chi connectivity index (χ3n) is 6.57. The lowest BCUT2D eigenvalue weighted by molar-refractivity contribution is -0.117. The average Bonchev–Trinajstić information content (AvgIpc) is 2.96. The minimum absolute atomic E-state index is 0.0514. The van der Waals surface area contributed by atoms with Crippen molar-refractivity contribution in [2.45, 2.75) is 39.9 Å². The molecule has 0 saturated heterocycles. The van der Waals surface area contributed by atoms with Gasteiger partial charge in [-0.2, -0.15) is 0 Å². The Morgan fingerprint density at radius 2 is 1.80 bits per heavy atom. The monoisotopic (exact) mass is 566 g/mol. The van der Waals surface area contributed by atoms with E-state index in [9.17, 15) is 18.4 Å². The van der Waals surface area contributed by atoms with Crippen molar-refractivity contribution in [1.29, 1.82) is 0 Å². The maximum absolute atomic E-state index is 14.6. The number of nitrogens with one attached hydrogen (secondary N) is 1. The summed E-state index contributed by atoms with van der Waals surface area (Å²) in [6.07, 6.45) is 5.07. The molecule has 41 heavy (non-hydrogen) atoms. The lowest BCUT2D eigenvalue weighted by Gasteiger charge is -2.20. The van der Waals surface area contributed by atoms with E-state index in [-0.39, 0.29) is 36.7 Å². The Morgan fingerprint density at radius 1 is 1.10 bits per heavy atom. The van der Waals surface area contributed by atoms with Crippen LogP contribution in [0.2, 0.25) is 0 Å². The van der Waals surface area contributed by atoms with Crippen LogP contribution in [0.4, 0.5) is 8.78 Å². The number of pyridine rings is 2. The SMILES string of the molecule is CC/C(C)=C(COC)/C(=C\N(C)Cc1ccc(Cn2cc(F)ccc2=O)cc1)C(=O)NCc1nccc(OC)c1F. The summed E-state index contributed by atoms with van der Waals surface area (Å²) >= 11 is 0. The highest BCUT2D eigenvalue weighted by Crippen LogP contribution is 2.21. The van der Waals surface area contributed by atoms with Crippen molar-refractivity contribution >= 4 is 5.91 Å². The first-order valence-corrected chi connectivity index (χ1v) is 13.2. The van der Waals surface area contributed by atoms with Crippen molar-refractivity contribution in [1.82, 2.24) is 19.8 Å². The Bertz CT molecular complexity index is 1470. The molecule has 0 aliphatic carbocycles. The van der Waals surface area contributed by atoms with Gasteiger partial charge >= 0.3 is 0 Å². The number of allylic oxidation sites excluding steroid dienone is 1. The minimum atomic E-state index is -0.624. The molecule has 0 unspecified atom stereocenters. The summed E-state index contributed by atoms with van der Waals surface area (Å²) in [7, 11) is 4.78. The van der Waals surface area contributed by atoms with Crippen LogP contribution in [0.1, 0.15) is 37.1 Å². The largest absolute Gasteiger partial charge is 0.494 e. The Hall–Kier alpha value is -4.31. The third-order valence-corrected chi connectivity index (χ3v) is 6.57. The van der Waals surface area contributed by atoms with Crippen LogP contribution in [0.3, 0.4) is 0 Å². The highest BCUT2D eigenvalue weighted by Gasteiger charge is 2.19. The van der Waals surface area contributed by atoms with Crippen LogP contribution in [-0.4, -0.2) is 48.2 Å². The zero-order valence-corrected chi connectivity index (χ0v) is 24.0. The molecule has 1 aromatic carbocycles. The number of amides is 1. The second kappa shape index (κ2) is 14.9. The molecule has 0 aliphatic heterocycles. The Labute approximate surface area is 238 Å². The topological polar surface area (TPSA) is 85.7 Å². The zero-order valence-electron chi connectivity index (χ0n) is 24.0. The molecule has 0 atom stereocenters. The molecule has 1 N–H and O–H groups in total. The number of carbonyl (C=O) groups excluding carboxylic acids is 1. The maximum Gasteiger partial charge on any atom is 0.253 e. The van der Waals surface area contributed by atoms with E-state index in [1.807, 2.05) is 50.1 Å². The van der Waals surface area contributed by atoms with Crippen LogP contribution >= 0.6 is 0 Å². The number of benzene rings is 1. The molecule has 0 aliphatic rings. The number of hydrogen-bond donors (Lipinski definition) is 1. The van der Waals surface area contributed by atoms with E-state index in [1.54, 1.807) is 13.3 Å². The van der Waals surface area contributed by atoms with Gasteiger partial charge in [0, 0.05) is 51.4 Å². The summed E-state index contributed by atoms with van der Waals surface area (Å²) in [6.45, 7) is 4.78. The molecule has 10 heteroatoms. The molecule has 0 bridgehead atoms. The van der Waals surface area contributed by atoms with Crippen molar-refractivity contribution in [3.63, 3.8) is 0 Å². The van der Waals surface area contributed by atoms with E-state index in [4.69, 9.17) is 9.47 Å². The van der Waals surface area contributed by atoms with Crippen LogP contribution < -0.4 is 15.6 Å². The first-order valence-electron chi connectivity index (χ1n) is 13.2. The number of methoxy groups -OCH3 is 2. The van der Waals surface area contributed by atoms with Crippen molar-refractivity contribution in [3.05, 3.63) is 117 Å². The number of halogens is 2. The molecule has 0 saturated carbocycles. The molecule has 2 aromatic heterocycles. The minimum Gasteiger partial charge on any atom is -0.494 e. The van der Waals surface area contributed by atoms with Crippen LogP contribution in [0.15, 0.2) is 82.6 Å². The lowest BCUT2D eigenvalue weighted by Crippen LogP contribution is -2.29. The molecule has 2 heterocycles. The first-order chi connectivity index (χ1) is 19.7. The summed E-state index contributed by atoms with van der Waals surface area (Å²) in [5.41, 5.74) is 3.74. The molecular formula is C31H36F2N4O4. The number of carbonyl (C=O) groups is 1. The predicted octanol–water partition coefficient (Wildman–Crippen LogP) is 4.58. The van der Waals surface area contributed by atoms with Gasteiger partial charge in [-0.3, -0.25) is 14.6 Å². The zero-order chi connectivity index (χ0) is 29.9. The fourth-order valence-electron chi connectivity index (χ4n) is 4.20. The Morgan fingerprint density at radius 3 is 2.46 bits per heavy atom. The van der Waals surface area contributed by atoms with Gasteiger partial charge in [-0.25, -0.2) is 8.78 Å². The van der Waals surface area contributed by atoms with E-state index in [0.29, 0.717) is 12.1 Å². The summed E-state index contributed by atoms with van der Waals surface area (Å²) < 4.78 is 39.9. The predicted molar refractivity (Wildman–Crippen MR) is 153 cm³/mol. The highest BCUT2D eigenvalue weighted by molar-refractivity contribution is 5.98. The van der Waals surface area contributed by atoms with Gasteiger partial charge in [0.05, 0.1) is 38.1 Å². The Kier molecular flexibility index (Phi) is 11.3. The van der Waals surface area contributed by atoms with Crippen molar-refractivity contribution in [2.24, 2.45) is 0 Å². The molecule has 218 valence electrons. The van der Waals surface area contributed by atoms with Gasteiger partial charge < -0.3 is 24.3 Å². The van der Waals surface area contributed by atoms with Crippen molar-refractivity contribution in [2.75, 3.05) is 27.9 Å². The second-order valence-electron chi connectivity index (χ2n) is 9.59. The van der Waals surface area contributed by atoms with E-state index in [2.05, 4.69) is 10.3 Å². The summed E-state index contributed by atoms with van der Waals surface area (Å²) in [4.78, 5) is 31.4.